The minimum Gasteiger partial charge on any atom is -0.444 e. The van der Waals surface area contributed by atoms with Crippen LogP contribution in [0.15, 0.2) is 24.3 Å². The van der Waals surface area contributed by atoms with Crippen LogP contribution in [-0.4, -0.2) is 26.6 Å². The number of nitrogens with one attached hydrogen (secondary N) is 1. The van der Waals surface area contributed by atoms with Crippen LogP contribution in [0, 0.1) is 0 Å². The van der Waals surface area contributed by atoms with Crippen molar-refractivity contribution in [2.45, 2.75) is 52.2 Å². The number of amides is 1. The molecule has 0 bridgehead atoms. The number of halogens is 4. The van der Waals surface area contributed by atoms with Gasteiger partial charge >= 0.3 is 12.3 Å². The molecule has 1 amide bonds. The Morgan fingerprint density at radius 3 is 2.62 bits per heavy atom. The van der Waals surface area contributed by atoms with E-state index in [0.29, 0.717) is 22.6 Å². The number of benzene rings is 1. The van der Waals surface area contributed by atoms with Crippen molar-refractivity contribution in [3.05, 3.63) is 51.9 Å². The van der Waals surface area contributed by atoms with Gasteiger partial charge in [0.25, 0.3) is 0 Å². The Bertz CT molecular complexity index is 929. The quantitative estimate of drug-likeness (QED) is 0.696. The average Bonchev–Trinajstić information content (AvgIpc) is 3.02. The molecule has 0 aliphatic carbocycles. The van der Waals surface area contributed by atoms with Crippen molar-refractivity contribution in [2.24, 2.45) is 0 Å². The molecule has 1 aliphatic rings. The highest BCUT2D eigenvalue weighted by molar-refractivity contribution is 6.28. The Balaban J connectivity index is 1.76. The summed E-state index contributed by atoms with van der Waals surface area (Å²) >= 11 is 5.98. The third kappa shape index (κ3) is 5.29. The van der Waals surface area contributed by atoms with Gasteiger partial charge in [-0.15, -0.1) is 0 Å². The smallest absolute Gasteiger partial charge is 0.416 e. The van der Waals surface area contributed by atoms with Gasteiger partial charge in [0.2, 0.25) is 5.28 Å². The van der Waals surface area contributed by atoms with Crippen molar-refractivity contribution in [2.75, 3.05) is 5.32 Å². The monoisotopic (exact) mass is 428 g/mol. The second kappa shape index (κ2) is 7.70. The summed E-state index contributed by atoms with van der Waals surface area (Å²) in [5.41, 5.74) is 0.304. The van der Waals surface area contributed by atoms with Crippen LogP contribution in [0.2, 0.25) is 5.28 Å². The van der Waals surface area contributed by atoms with Crippen LogP contribution in [0.25, 0.3) is 0 Å². The van der Waals surface area contributed by atoms with Gasteiger partial charge in [0.15, 0.2) is 0 Å². The van der Waals surface area contributed by atoms with E-state index in [1.165, 1.54) is 11.0 Å². The van der Waals surface area contributed by atoms with Gasteiger partial charge in [0, 0.05) is 12.1 Å². The number of ether oxygens (including phenoxy) is 1. The van der Waals surface area contributed by atoms with Crippen molar-refractivity contribution < 1.29 is 22.7 Å². The molecule has 0 saturated carbocycles. The molecule has 156 valence electrons. The minimum atomic E-state index is -4.41. The largest absolute Gasteiger partial charge is 0.444 e. The number of nitrogens with zero attached hydrogens (tertiary/aromatic N) is 3. The molecule has 1 aliphatic heterocycles. The molecule has 0 fully saturated rings. The van der Waals surface area contributed by atoms with Crippen LogP contribution in [0.1, 0.15) is 43.2 Å². The van der Waals surface area contributed by atoms with Crippen LogP contribution in [-0.2, 0) is 30.5 Å². The van der Waals surface area contributed by atoms with E-state index in [2.05, 4.69) is 15.3 Å². The van der Waals surface area contributed by atoms with Crippen molar-refractivity contribution in [1.82, 2.24) is 14.9 Å². The zero-order valence-electron chi connectivity index (χ0n) is 16.1. The first-order valence-electron chi connectivity index (χ1n) is 8.85. The normalized spacial score (nSPS) is 14.0. The summed E-state index contributed by atoms with van der Waals surface area (Å²) in [7, 11) is 0. The minimum absolute atomic E-state index is 0.0127. The Labute approximate surface area is 171 Å². The van der Waals surface area contributed by atoms with Crippen molar-refractivity contribution in [3.8, 4) is 0 Å². The molecule has 0 radical (unpaired) electrons. The molecule has 1 aromatic heterocycles. The lowest BCUT2D eigenvalue weighted by Crippen LogP contribution is -2.33. The average molecular weight is 429 g/mol. The first-order valence-corrected chi connectivity index (χ1v) is 9.23. The SMILES string of the molecule is CC(C)(C)OC(=O)N1Cc2nc(Cl)nc(NCc3cccc(C(F)(F)F)c3)c2C1. The third-order valence-electron chi connectivity index (χ3n) is 4.12. The van der Waals surface area contributed by atoms with Crippen molar-refractivity contribution in [1.29, 1.82) is 0 Å². The molecule has 10 heteroatoms. The number of anilines is 1. The number of carbonyl (C=O) groups is 1. The molecule has 0 saturated heterocycles. The van der Waals surface area contributed by atoms with Gasteiger partial charge in [-0.05, 0) is 50.1 Å². The number of carbonyl (C=O) groups excluding carboxylic acids is 1. The Morgan fingerprint density at radius 2 is 1.97 bits per heavy atom. The molecule has 1 N–H and O–H groups in total. The summed E-state index contributed by atoms with van der Waals surface area (Å²) < 4.78 is 44.1. The highest BCUT2D eigenvalue weighted by atomic mass is 35.5. The van der Waals surface area contributed by atoms with E-state index in [1.54, 1.807) is 26.8 Å². The maximum atomic E-state index is 12.9. The maximum absolute atomic E-state index is 12.9. The molecule has 29 heavy (non-hydrogen) atoms. The number of alkyl halides is 3. The fourth-order valence-corrected chi connectivity index (χ4v) is 3.06. The lowest BCUT2D eigenvalue weighted by molar-refractivity contribution is -0.137. The van der Waals surface area contributed by atoms with E-state index in [9.17, 15) is 18.0 Å². The van der Waals surface area contributed by atoms with E-state index < -0.39 is 23.4 Å². The molecule has 2 aromatic rings. The summed E-state index contributed by atoms with van der Waals surface area (Å²) in [6.45, 7) is 5.85. The van der Waals surface area contributed by atoms with Crippen molar-refractivity contribution in [3.63, 3.8) is 0 Å². The number of hydrogen-bond acceptors (Lipinski definition) is 5. The van der Waals surface area contributed by atoms with Gasteiger partial charge in [0.05, 0.1) is 24.3 Å². The molecule has 3 rings (SSSR count). The number of fused-ring (bicyclic) bond motifs is 1. The first-order chi connectivity index (χ1) is 13.4. The van der Waals surface area contributed by atoms with Gasteiger partial charge in [-0.2, -0.15) is 13.2 Å². The highest BCUT2D eigenvalue weighted by Gasteiger charge is 2.32. The second-order valence-electron chi connectivity index (χ2n) is 7.65. The van der Waals surface area contributed by atoms with Gasteiger partial charge in [-0.3, -0.25) is 4.90 Å². The summed E-state index contributed by atoms with van der Waals surface area (Å²) in [6.07, 6.45) is -4.90. The lowest BCUT2D eigenvalue weighted by Gasteiger charge is -2.24. The highest BCUT2D eigenvalue weighted by Crippen LogP contribution is 2.31. The Hall–Kier alpha value is -2.55. The summed E-state index contributed by atoms with van der Waals surface area (Å²) in [5, 5.41) is 2.99. The van der Waals surface area contributed by atoms with E-state index in [1.807, 2.05) is 0 Å². The molecule has 6 nitrogen and oxygen atoms in total. The molecule has 1 aromatic carbocycles. The van der Waals surface area contributed by atoms with Crippen LogP contribution in [0.5, 0.6) is 0 Å². The summed E-state index contributed by atoms with van der Waals surface area (Å²) in [4.78, 5) is 22.1. The van der Waals surface area contributed by atoms with Crippen LogP contribution in [0.3, 0.4) is 0 Å². The standard InChI is InChI=1S/C19H20ClF3N4O2/c1-18(2,3)29-17(28)27-9-13-14(10-27)25-16(20)26-15(13)24-8-11-5-4-6-12(7-11)19(21,22)23/h4-7H,8-10H2,1-3H3,(H,24,25,26). The molecular weight excluding hydrogens is 409 g/mol. The topological polar surface area (TPSA) is 67.3 Å². The fourth-order valence-electron chi connectivity index (χ4n) is 2.87. The van der Waals surface area contributed by atoms with Gasteiger partial charge in [0.1, 0.15) is 11.4 Å². The Morgan fingerprint density at radius 1 is 1.24 bits per heavy atom. The number of aromatic nitrogens is 2. The van der Waals surface area contributed by atoms with Crippen molar-refractivity contribution >= 4 is 23.5 Å². The fraction of sp³-hybridized carbons (Fsp3) is 0.421. The number of rotatable bonds is 3. The predicted molar refractivity (Wildman–Crippen MR) is 101 cm³/mol. The molecule has 0 spiro atoms. The molecule has 0 unspecified atom stereocenters. The van der Waals surface area contributed by atoms with E-state index >= 15 is 0 Å². The first kappa shape index (κ1) is 21.2. The maximum Gasteiger partial charge on any atom is 0.416 e. The predicted octanol–water partition coefficient (Wildman–Crippen LogP) is 5.01. The third-order valence-corrected chi connectivity index (χ3v) is 4.29. The summed E-state index contributed by atoms with van der Waals surface area (Å²) in [5.74, 6) is 0.378. The molecule has 0 atom stereocenters. The summed E-state index contributed by atoms with van der Waals surface area (Å²) in [6, 6.07) is 5.02. The zero-order valence-corrected chi connectivity index (χ0v) is 16.9. The van der Waals surface area contributed by atoms with E-state index in [0.717, 1.165) is 12.1 Å². The zero-order chi connectivity index (χ0) is 21.4. The van der Waals surface area contributed by atoms with Crippen LogP contribution < -0.4 is 5.32 Å². The molecule has 2 heterocycles. The van der Waals surface area contributed by atoms with Crippen LogP contribution >= 0.6 is 11.6 Å². The second-order valence-corrected chi connectivity index (χ2v) is 7.99. The van der Waals surface area contributed by atoms with Crippen LogP contribution in [0.4, 0.5) is 23.8 Å². The Kier molecular flexibility index (Phi) is 5.62. The van der Waals surface area contributed by atoms with Gasteiger partial charge in [-0.25, -0.2) is 14.8 Å². The lowest BCUT2D eigenvalue weighted by atomic mass is 10.1. The molecular formula is C19H20ClF3N4O2. The number of hydrogen-bond donors (Lipinski definition) is 1. The van der Waals surface area contributed by atoms with Gasteiger partial charge in [-0.1, -0.05) is 12.1 Å². The van der Waals surface area contributed by atoms with E-state index in [4.69, 9.17) is 16.3 Å². The van der Waals surface area contributed by atoms with E-state index in [-0.39, 0.29) is 24.9 Å². The van der Waals surface area contributed by atoms with Gasteiger partial charge < -0.3 is 10.1 Å².